The Hall–Kier alpha value is -0.960. The molecule has 1 aliphatic heterocycles. The van der Waals surface area contributed by atoms with Gasteiger partial charge in [-0.25, -0.2) is 0 Å². The first kappa shape index (κ1) is 8.63. The van der Waals surface area contributed by atoms with Gasteiger partial charge in [-0.2, -0.15) is 0 Å². The summed E-state index contributed by atoms with van der Waals surface area (Å²) in [5, 5.41) is 0. The van der Waals surface area contributed by atoms with Crippen molar-refractivity contribution in [3.8, 4) is 5.88 Å². The van der Waals surface area contributed by atoms with Gasteiger partial charge in [0.25, 0.3) is 0 Å². The Morgan fingerprint density at radius 2 is 2.00 bits per heavy atom. The van der Waals surface area contributed by atoms with E-state index in [1.807, 2.05) is 13.1 Å². The number of nitrogens with zero attached hydrogens (tertiary/aromatic N) is 2. The fourth-order valence-electron chi connectivity index (χ4n) is 1.59. The molecule has 0 aromatic carbocycles. The molecule has 0 unspecified atom stereocenters. The Morgan fingerprint density at radius 3 is 2.46 bits per heavy atom. The molecule has 2 heterocycles. The normalized spacial score (nSPS) is 18.7. The predicted molar refractivity (Wildman–Crippen MR) is 52.1 cm³/mol. The van der Waals surface area contributed by atoms with Gasteiger partial charge in [-0.15, -0.1) is 0 Å². The van der Waals surface area contributed by atoms with Crippen LogP contribution in [0.4, 0.5) is 0 Å². The molecule has 1 aromatic heterocycles. The number of hydrogen-bond donors (Lipinski definition) is 0. The molecule has 1 saturated heterocycles. The third-order valence-corrected chi connectivity index (χ3v) is 2.64. The molecule has 1 aliphatic rings. The first-order chi connectivity index (χ1) is 6.16. The van der Waals surface area contributed by atoms with Crippen LogP contribution in [0, 0.1) is 6.92 Å². The summed E-state index contributed by atoms with van der Waals surface area (Å²) in [4.78, 5) is 2.25. The van der Waals surface area contributed by atoms with E-state index in [9.17, 15) is 0 Å². The smallest absolute Gasteiger partial charge is 0.193 e. The van der Waals surface area contributed by atoms with Gasteiger partial charge in [-0.3, -0.25) is 4.90 Å². The molecule has 72 valence electrons. The number of aryl methyl sites for hydroxylation is 1. The van der Waals surface area contributed by atoms with Crippen LogP contribution < -0.4 is 4.74 Å². The Bertz CT molecular complexity index is 300. The Kier molecular flexibility index (Phi) is 2.04. The largest absolute Gasteiger partial charge is 0.473 e. The van der Waals surface area contributed by atoms with Gasteiger partial charge in [-0.1, -0.05) is 0 Å². The maximum atomic E-state index is 5.79. The zero-order valence-corrected chi connectivity index (χ0v) is 8.45. The van der Waals surface area contributed by atoms with Crippen molar-refractivity contribution in [1.29, 1.82) is 0 Å². The van der Waals surface area contributed by atoms with Crippen molar-refractivity contribution in [2.45, 2.75) is 13.0 Å². The highest BCUT2D eigenvalue weighted by atomic mass is 16.5. The highest BCUT2D eigenvalue weighted by molar-refractivity contribution is 5.20. The van der Waals surface area contributed by atoms with Gasteiger partial charge in [0.15, 0.2) is 5.88 Å². The summed E-state index contributed by atoms with van der Waals surface area (Å²) in [6.45, 7) is 4.17. The number of rotatable bonds is 2. The van der Waals surface area contributed by atoms with Crippen molar-refractivity contribution < 1.29 is 4.74 Å². The average molecular weight is 180 g/mol. The number of likely N-dealkylation sites (tertiary alicyclic amines) is 1. The molecule has 0 saturated carbocycles. The summed E-state index contributed by atoms with van der Waals surface area (Å²) in [5.74, 6) is 0.982. The monoisotopic (exact) mass is 180 g/mol. The molecule has 3 heteroatoms. The molecular weight excluding hydrogens is 164 g/mol. The van der Waals surface area contributed by atoms with E-state index in [-0.39, 0.29) is 0 Å². The van der Waals surface area contributed by atoms with Crippen LogP contribution in [0.5, 0.6) is 5.88 Å². The van der Waals surface area contributed by atoms with Crippen LogP contribution in [-0.2, 0) is 7.05 Å². The van der Waals surface area contributed by atoms with Crippen LogP contribution in [0.15, 0.2) is 12.1 Å². The molecule has 0 radical (unpaired) electrons. The lowest BCUT2D eigenvalue weighted by atomic mass is 10.2. The Balaban J connectivity index is 1.98. The second-order valence-electron chi connectivity index (χ2n) is 3.83. The number of likely N-dealkylation sites (N-methyl/N-ethyl adjacent to an activating group) is 1. The summed E-state index contributed by atoms with van der Waals surface area (Å²) in [6.07, 6.45) is 0.387. The molecule has 0 bridgehead atoms. The molecule has 0 aliphatic carbocycles. The minimum Gasteiger partial charge on any atom is -0.473 e. The van der Waals surface area contributed by atoms with Crippen molar-refractivity contribution in [3.63, 3.8) is 0 Å². The zero-order valence-electron chi connectivity index (χ0n) is 8.45. The van der Waals surface area contributed by atoms with Gasteiger partial charge in [-0.05, 0) is 20.0 Å². The van der Waals surface area contributed by atoms with E-state index in [0.29, 0.717) is 6.10 Å². The first-order valence-corrected chi connectivity index (χ1v) is 4.64. The quantitative estimate of drug-likeness (QED) is 0.676. The van der Waals surface area contributed by atoms with E-state index in [1.165, 1.54) is 5.69 Å². The van der Waals surface area contributed by atoms with E-state index in [4.69, 9.17) is 4.74 Å². The van der Waals surface area contributed by atoms with Gasteiger partial charge in [0, 0.05) is 31.9 Å². The van der Waals surface area contributed by atoms with Crippen LogP contribution in [-0.4, -0.2) is 35.7 Å². The second-order valence-corrected chi connectivity index (χ2v) is 3.83. The highest BCUT2D eigenvalue weighted by Crippen LogP contribution is 2.18. The van der Waals surface area contributed by atoms with E-state index in [1.54, 1.807) is 0 Å². The SMILES string of the molecule is Cc1ccc(OC2CN(C)C2)n1C. The minimum absolute atomic E-state index is 0.387. The summed E-state index contributed by atoms with van der Waals surface area (Å²) in [5.41, 5.74) is 1.24. The summed E-state index contributed by atoms with van der Waals surface area (Å²) in [6, 6.07) is 4.12. The van der Waals surface area contributed by atoms with Crippen LogP contribution in [0.2, 0.25) is 0 Å². The first-order valence-electron chi connectivity index (χ1n) is 4.64. The number of hydrogen-bond acceptors (Lipinski definition) is 2. The Morgan fingerprint density at radius 1 is 1.31 bits per heavy atom. The molecule has 1 aromatic rings. The van der Waals surface area contributed by atoms with Gasteiger partial charge in [0.2, 0.25) is 0 Å². The van der Waals surface area contributed by atoms with Crippen molar-refractivity contribution in [2.75, 3.05) is 20.1 Å². The molecule has 1 fully saturated rings. The third-order valence-electron chi connectivity index (χ3n) is 2.64. The summed E-state index contributed by atoms with van der Waals surface area (Å²) >= 11 is 0. The van der Waals surface area contributed by atoms with Gasteiger partial charge < -0.3 is 9.30 Å². The lowest BCUT2D eigenvalue weighted by Crippen LogP contribution is -2.51. The standard InChI is InChI=1S/C10H16N2O/c1-8-4-5-10(12(8)3)13-9-6-11(2)7-9/h4-5,9H,6-7H2,1-3H3. The highest BCUT2D eigenvalue weighted by Gasteiger charge is 2.25. The van der Waals surface area contributed by atoms with Crippen molar-refractivity contribution >= 4 is 0 Å². The fraction of sp³-hybridized carbons (Fsp3) is 0.600. The van der Waals surface area contributed by atoms with Gasteiger partial charge in [0.05, 0.1) is 0 Å². The molecule has 0 amide bonds. The lowest BCUT2D eigenvalue weighted by molar-refractivity contribution is 0.0334. The molecule has 0 atom stereocenters. The maximum Gasteiger partial charge on any atom is 0.193 e. The van der Waals surface area contributed by atoms with Crippen LogP contribution in [0.25, 0.3) is 0 Å². The number of aromatic nitrogens is 1. The molecular formula is C10H16N2O. The van der Waals surface area contributed by atoms with Crippen LogP contribution in [0.3, 0.4) is 0 Å². The molecule has 0 spiro atoms. The van der Waals surface area contributed by atoms with E-state index in [0.717, 1.165) is 19.0 Å². The van der Waals surface area contributed by atoms with Crippen molar-refractivity contribution in [3.05, 3.63) is 17.8 Å². The maximum absolute atomic E-state index is 5.79. The summed E-state index contributed by atoms with van der Waals surface area (Å²) in [7, 11) is 4.14. The van der Waals surface area contributed by atoms with E-state index in [2.05, 4.69) is 29.5 Å². The van der Waals surface area contributed by atoms with E-state index < -0.39 is 0 Å². The lowest BCUT2D eigenvalue weighted by Gasteiger charge is -2.35. The minimum atomic E-state index is 0.387. The summed E-state index contributed by atoms with van der Waals surface area (Å²) < 4.78 is 7.88. The Labute approximate surface area is 78.9 Å². The van der Waals surface area contributed by atoms with E-state index >= 15 is 0 Å². The van der Waals surface area contributed by atoms with Crippen LogP contribution >= 0.6 is 0 Å². The predicted octanol–water partition coefficient (Wildman–Crippen LogP) is 1.03. The molecule has 0 N–H and O–H groups in total. The van der Waals surface area contributed by atoms with Gasteiger partial charge >= 0.3 is 0 Å². The zero-order chi connectivity index (χ0) is 9.42. The van der Waals surface area contributed by atoms with Crippen molar-refractivity contribution in [2.24, 2.45) is 7.05 Å². The third kappa shape index (κ3) is 1.56. The topological polar surface area (TPSA) is 17.4 Å². The van der Waals surface area contributed by atoms with Crippen LogP contribution in [0.1, 0.15) is 5.69 Å². The molecule has 13 heavy (non-hydrogen) atoms. The number of ether oxygens (including phenoxy) is 1. The molecule has 2 rings (SSSR count). The fourth-order valence-corrected chi connectivity index (χ4v) is 1.59. The van der Waals surface area contributed by atoms with Gasteiger partial charge in [0.1, 0.15) is 6.10 Å². The average Bonchev–Trinajstić information content (AvgIpc) is 2.33. The van der Waals surface area contributed by atoms with Crippen molar-refractivity contribution in [1.82, 2.24) is 9.47 Å². The molecule has 3 nitrogen and oxygen atoms in total. The second kappa shape index (κ2) is 3.07.